The zero-order valence-electron chi connectivity index (χ0n) is 9.38. The predicted octanol–water partition coefficient (Wildman–Crippen LogP) is 2.53. The number of pyridine rings is 1. The highest BCUT2D eigenvalue weighted by Gasteiger charge is 2.10. The van der Waals surface area contributed by atoms with Crippen LogP contribution in [0.3, 0.4) is 0 Å². The van der Waals surface area contributed by atoms with E-state index in [4.69, 9.17) is 5.11 Å². The first kappa shape index (κ1) is 11.7. The van der Waals surface area contributed by atoms with E-state index in [-0.39, 0.29) is 6.42 Å². The predicted molar refractivity (Wildman–Crippen MR) is 66.0 cm³/mol. The van der Waals surface area contributed by atoms with E-state index in [2.05, 4.69) is 9.97 Å². The molecule has 0 atom stereocenters. The number of hydrogen-bond acceptors (Lipinski definition) is 4. The van der Waals surface area contributed by atoms with Gasteiger partial charge in [0.1, 0.15) is 5.01 Å². The fraction of sp³-hybridized carbons (Fsp3) is 0.250. The monoisotopic (exact) mass is 248 g/mol. The van der Waals surface area contributed by atoms with Gasteiger partial charge in [-0.1, -0.05) is 0 Å². The Bertz CT molecular complexity index is 523. The molecule has 0 saturated carbocycles. The Labute approximate surface area is 103 Å². The Morgan fingerprint density at radius 3 is 2.76 bits per heavy atom. The summed E-state index contributed by atoms with van der Waals surface area (Å²) in [5, 5.41) is 9.58. The minimum absolute atomic E-state index is 0.125. The van der Waals surface area contributed by atoms with Crippen LogP contribution in [0.4, 0.5) is 0 Å². The van der Waals surface area contributed by atoms with Crippen LogP contribution in [0.1, 0.15) is 17.0 Å². The van der Waals surface area contributed by atoms with E-state index < -0.39 is 5.97 Å². The van der Waals surface area contributed by atoms with Gasteiger partial charge in [-0.25, -0.2) is 4.98 Å². The maximum atomic E-state index is 10.5. The van der Waals surface area contributed by atoms with Gasteiger partial charge in [-0.3, -0.25) is 9.78 Å². The zero-order chi connectivity index (χ0) is 12.3. The highest BCUT2D eigenvalue weighted by Crippen LogP contribution is 2.27. The van der Waals surface area contributed by atoms with Gasteiger partial charge in [-0.15, -0.1) is 11.3 Å². The van der Waals surface area contributed by atoms with Crippen LogP contribution in [0, 0.1) is 6.92 Å². The van der Waals surface area contributed by atoms with Gasteiger partial charge in [0.05, 0.1) is 12.1 Å². The van der Waals surface area contributed by atoms with Crippen molar-refractivity contribution in [3.8, 4) is 10.6 Å². The van der Waals surface area contributed by atoms with Crippen molar-refractivity contribution >= 4 is 17.3 Å². The van der Waals surface area contributed by atoms with Crippen molar-refractivity contribution in [3.05, 3.63) is 35.1 Å². The lowest BCUT2D eigenvalue weighted by atomic mass is 10.2. The van der Waals surface area contributed by atoms with E-state index in [1.165, 1.54) is 0 Å². The molecule has 0 bridgehead atoms. The zero-order valence-corrected chi connectivity index (χ0v) is 10.2. The molecule has 0 spiro atoms. The smallest absolute Gasteiger partial charge is 0.303 e. The number of carboxylic acids is 1. The number of carboxylic acid groups (broad SMARTS) is 1. The van der Waals surface area contributed by atoms with E-state index in [9.17, 15) is 4.79 Å². The Kier molecular flexibility index (Phi) is 3.49. The second-order valence-electron chi connectivity index (χ2n) is 3.65. The van der Waals surface area contributed by atoms with Crippen molar-refractivity contribution in [2.75, 3.05) is 0 Å². The van der Waals surface area contributed by atoms with Crippen LogP contribution in [0.25, 0.3) is 10.6 Å². The molecule has 1 N–H and O–H groups in total. The van der Waals surface area contributed by atoms with E-state index in [0.717, 1.165) is 21.1 Å². The molecule has 2 aromatic rings. The Morgan fingerprint density at radius 2 is 2.12 bits per heavy atom. The minimum atomic E-state index is -0.789. The molecular weight excluding hydrogens is 236 g/mol. The van der Waals surface area contributed by atoms with Gasteiger partial charge in [0.25, 0.3) is 0 Å². The van der Waals surface area contributed by atoms with Crippen LogP contribution in [-0.4, -0.2) is 21.0 Å². The number of aliphatic carboxylic acids is 1. The molecular formula is C12H12N2O2S. The first-order chi connectivity index (χ1) is 8.16. The number of nitrogens with zero attached hydrogens (tertiary/aromatic N) is 2. The van der Waals surface area contributed by atoms with Gasteiger partial charge >= 0.3 is 5.97 Å². The molecule has 0 aromatic carbocycles. The molecule has 0 aliphatic carbocycles. The summed E-state index contributed by atoms with van der Waals surface area (Å²) in [7, 11) is 0. The summed E-state index contributed by atoms with van der Waals surface area (Å²) >= 11 is 1.59. The molecule has 0 amide bonds. The highest BCUT2D eigenvalue weighted by molar-refractivity contribution is 7.15. The van der Waals surface area contributed by atoms with E-state index in [1.807, 2.05) is 19.1 Å². The third kappa shape index (κ3) is 2.88. The maximum absolute atomic E-state index is 10.5. The van der Waals surface area contributed by atoms with Gasteiger partial charge in [0, 0.05) is 29.3 Å². The molecule has 17 heavy (non-hydrogen) atoms. The number of rotatable bonds is 4. The average molecular weight is 248 g/mol. The molecule has 0 aliphatic heterocycles. The fourth-order valence-electron chi connectivity index (χ4n) is 1.50. The summed E-state index contributed by atoms with van der Waals surface area (Å²) in [6, 6.07) is 3.80. The molecule has 0 unspecified atom stereocenters. The van der Waals surface area contributed by atoms with E-state index >= 15 is 0 Å². The normalized spacial score (nSPS) is 10.4. The van der Waals surface area contributed by atoms with Crippen molar-refractivity contribution in [2.45, 2.75) is 19.8 Å². The van der Waals surface area contributed by atoms with Crippen molar-refractivity contribution in [1.82, 2.24) is 9.97 Å². The van der Waals surface area contributed by atoms with E-state index in [1.54, 1.807) is 23.7 Å². The Hall–Kier alpha value is -1.75. The Morgan fingerprint density at radius 1 is 1.41 bits per heavy atom. The summed E-state index contributed by atoms with van der Waals surface area (Å²) in [6.45, 7) is 1.97. The van der Waals surface area contributed by atoms with Crippen molar-refractivity contribution in [1.29, 1.82) is 0 Å². The van der Waals surface area contributed by atoms with Crippen LogP contribution in [-0.2, 0) is 11.2 Å². The molecule has 2 rings (SSSR count). The Balaban J connectivity index is 2.22. The van der Waals surface area contributed by atoms with Crippen LogP contribution in [0.5, 0.6) is 0 Å². The molecule has 0 radical (unpaired) electrons. The lowest BCUT2D eigenvalue weighted by Gasteiger charge is -1.94. The van der Waals surface area contributed by atoms with Crippen LogP contribution < -0.4 is 0 Å². The summed E-state index contributed by atoms with van der Waals surface area (Å²) in [6.07, 6.45) is 4.06. The maximum Gasteiger partial charge on any atom is 0.303 e. The molecule has 4 nitrogen and oxygen atoms in total. The number of hydrogen-bond donors (Lipinski definition) is 1. The summed E-state index contributed by atoms with van der Waals surface area (Å²) < 4.78 is 0. The standard InChI is InChI=1S/C12H12N2O2S/c1-8-10(2-3-11(15)16)14-12(17-8)9-4-6-13-7-5-9/h4-7H,2-3H2,1H3,(H,15,16). The molecule has 0 aliphatic rings. The third-order valence-corrected chi connectivity index (χ3v) is 3.46. The lowest BCUT2D eigenvalue weighted by Crippen LogP contribution is -1.98. The largest absolute Gasteiger partial charge is 0.481 e. The average Bonchev–Trinajstić information content (AvgIpc) is 2.69. The van der Waals surface area contributed by atoms with Crippen molar-refractivity contribution < 1.29 is 9.90 Å². The summed E-state index contributed by atoms with van der Waals surface area (Å²) in [4.78, 5) is 20.0. The highest BCUT2D eigenvalue weighted by atomic mass is 32.1. The molecule has 2 heterocycles. The van der Waals surface area contributed by atoms with Crippen LogP contribution in [0.2, 0.25) is 0 Å². The molecule has 5 heteroatoms. The van der Waals surface area contributed by atoms with Crippen LogP contribution >= 0.6 is 11.3 Å². The number of thiazole rings is 1. The number of aromatic nitrogens is 2. The quantitative estimate of drug-likeness (QED) is 0.903. The van der Waals surface area contributed by atoms with Gasteiger partial charge in [0.15, 0.2) is 0 Å². The van der Waals surface area contributed by atoms with Crippen molar-refractivity contribution in [3.63, 3.8) is 0 Å². The minimum Gasteiger partial charge on any atom is -0.481 e. The lowest BCUT2D eigenvalue weighted by molar-refractivity contribution is -0.136. The van der Waals surface area contributed by atoms with Gasteiger partial charge in [-0.2, -0.15) is 0 Å². The second-order valence-corrected chi connectivity index (χ2v) is 4.85. The first-order valence-electron chi connectivity index (χ1n) is 5.25. The molecule has 88 valence electrons. The molecule has 2 aromatic heterocycles. The first-order valence-corrected chi connectivity index (χ1v) is 6.07. The van der Waals surface area contributed by atoms with Gasteiger partial charge in [-0.05, 0) is 19.1 Å². The van der Waals surface area contributed by atoms with Crippen LogP contribution in [0.15, 0.2) is 24.5 Å². The fourth-order valence-corrected chi connectivity index (χ4v) is 2.47. The number of aryl methyl sites for hydroxylation is 2. The third-order valence-electron chi connectivity index (χ3n) is 2.40. The summed E-state index contributed by atoms with van der Waals surface area (Å²) in [5.41, 5.74) is 1.90. The van der Waals surface area contributed by atoms with E-state index in [0.29, 0.717) is 6.42 Å². The van der Waals surface area contributed by atoms with Crippen molar-refractivity contribution in [2.24, 2.45) is 0 Å². The van der Waals surface area contributed by atoms with Gasteiger partial charge in [0.2, 0.25) is 0 Å². The van der Waals surface area contributed by atoms with Gasteiger partial charge < -0.3 is 5.11 Å². The summed E-state index contributed by atoms with van der Waals surface area (Å²) in [5.74, 6) is -0.789. The molecule has 0 fully saturated rings. The number of carbonyl (C=O) groups is 1. The SMILES string of the molecule is Cc1sc(-c2ccncc2)nc1CCC(=O)O. The topological polar surface area (TPSA) is 63.1 Å². The molecule has 0 saturated heterocycles. The second kappa shape index (κ2) is 5.05.